The van der Waals surface area contributed by atoms with Crippen LogP contribution in [0.1, 0.15) is 34.0 Å². The minimum absolute atomic E-state index is 0.173. The molecule has 1 atom stereocenters. The number of carboxylic acid groups (broad SMARTS) is 1. The third-order valence-electron chi connectivity index (χ3n) is 4.83. The molecule has 0 bridgehead atoms. The second-order valence-corrected chi connectivity index (χ2v) is 6.65. The van der Waals surface area contributed by atoms with Crippen LogP contribution in [-0.2, 0) is 6.42 Å². The summed E-state index contributed by atoms with van der Waals surface area (Å²) in [7, 11) is 4.68. The summed E-state index contributed by atoms with van der Waals surface area (Å²) in [6, 6.07) is 9.57. The van der Waals surface area contributed by atoms with Gasteiger partial charge in [0, 0.05) is 18.2 Å². The average molecular weight is 397 g/mol. The maximum absolute atomic E-state index is 12.4. The first-order chi connectivity index (χ1) is 13.9. The standard InChI is InChI=1S/C21H23N3O5/c1-12-9-15-10-17(28-3)18(29-4)11-16(15)19(23-24(12)21(27)22-2)13-5-7-14(8-6-13)20(25)26/h5-8,10-12H,9H2,1-4H3,(H,22,27)(H,25,26)/t12-/m1/s1. The van der Waals surface area contributed by atoms with Gasteiger partial charge < -0.3 is 19.9 Å². The number of urea groups is 1. The van der Waals surface area contributed by atoms with Gasteiger partial charge in [0.25, 0.3) is 0 Å². The Morgan fingerprint density at radius 2 is 1.76 bits per heavy atom. The van der Waals surface area contributed by atoms with E-state index in [0.29, 0.717) is 29.2 Å². The monoisotopic (exact) mass is 397 g/mol. The molecule has 2 aromatic carbocycles. The van der Waals surface area contributed by atoms with E-state index in [1.807, 2.05) is 19.1 Å². The highest BCUT2D eigenvalue weighted by atomic mass is 16.5. The molecule has 2 amide bonds. The third-order valence-corrected chi connectivity index (χ3v) is 4.83. The van der Waals surface area contributed by atoms with Gasteiger partial charge >= 0.3 is 12.0 Å². The van der Waals surface area contributed by atoms with Crippen LogP contribution in [0.2, 0.25) is 0 Å². The number of carbonyl (C=O) groups excluding carboxylic acids is 1. The van der Waals surface area contributed by atoms with E-state index in [-0.39, 0.29) is 17.6 Å². The molecule has 0 radical (unpaired) electrons. The summed E-state index contributed by atoms with van der Waals surface area (Å²) in [5.41, 5.74) is 3.15. The fourth-order valence-corrected chi connectivity index (χ4v) is 3.32. The number of hydrogen-bond acceptors (Lipinski definition) is 5. The van der Waals surface area contributed by atoms with Crippen molar-refractivity contribution in [3.63, 3.8) is 0 Å². The van der Waals surface area contributed by atoms with Crippen LogP contribution in [0.3, 0.4) is 0 Å². The molecule has 8 heteroatoms. The summed E-state index contributed by atoms with van der Waals surface area (Å²) in [5, 5.41) is 17.8. The van der Waals surface area contributed by atoms with Crippen LogP contribution in [0, 0.1) is 0 Å². The van der Waals surface area contributed by atoms with Gasteiger partial charge in [0.15, 0.2) is 11.5 Å². The number of hydrazone groups is 1. The van der Waals surface area contributed by atoms with Crippen LogP contribution in [0.15, 0.2) is 41.5 Å². The second kappa shape index (κ2) is 8.22. The average Bonchev–Trinajstić information content (AvgIpc) is 2.87. The molecule has 1 aliphatic heterocycles. The molecule has 0 saturated heterocycles. The van der Waals surface area contributed by atoms with E-state index < -0.39 is 5.97 Å². The summed E-state index contributed by atoms with van der Waals surface area (Å²) in [6.45, 7) is 1.91. The number of methoxy groups -OCH3 is 2. The zero-order chi connectivity index (χ0) is 21.1. The van der Waals surface area contributed by atoms with E-state index in [9.17, 15) is 14.7 Å². The lowest BCUT2D eigenvalue weighted by atomic mass is 9.93. The van der Waals surface area contributed by atoms with Gasteiger partial charge in [0.1, 0.15) is 0 Å². The van der Waals surface area contributed by atoms with Gasteiger partial charge in [-0.15, -0.1) is 0 Å². The summed E-state index contributed by atoms with van der Waals surface area (Å²) < 4.78 is 10.9. The first kappa shape index (κ1) is 20.2. The molecular weight excluding hydrogens is 374 g/mol. The molecule has 0 saturated carbocycles. The van der Waals surface area contributed by atoms with Gasteiger partial charge in [0.2, 0.25) is 0 Å². The molecule has 3 rings (SSSR count). The minimum atomic E-state index is -1.01. The largest absolute Gasteiger partial charge is 0.493 e. The predicted molar refractivity (Wildman–Crippen MR) is 108 cm³/mol. The molecule has 2 N–H and O–H groups in total. The number of benzene rings is 2. The number of carboxylic acids is 1. The zero-order valence-electron chi connectivity index (χ0n) is 16.7. The molecular formula is C21H23N3O5. The van der Waals surface area contributed by atoms with E-state index in [4.69, 9.17) is 9.47 Å². The van der Waals surface area contributed by atoms with Crippen LogP contribution in [-0.4, -0.2) is 55.1 Å². The van der Waals surface area contributed by atoms with Crippen LogP contribution in [0.25, 0.3) is 0 Å². The van der Waals surface area contributed by atoms with Gasteiger partial charge in [-0.05, 0) is 43.2 Å². The number of carbonyl (C=O) groups is 2. The van der Waals surface area contributed by atoms with Gasteiger partial charge in [0.05, 0.1) is 31.5 Å². The van der Waals surface area contributed by atoms with Crippen molar-refractivity contribution in [2.45, 2.75) is 19.4 Å². The summed E-state index contributed by atoms with van der Waals surface area (Å²) >= 11 is 0. The summed E-state index contributed by atoms with van der Waals surface area (Å²) in [5.74, 6) is 0.126. The number of nitrogens with one attached hydrogen (secondary N) is 1. The van der Waals surface area contributed by atoms with Crippen molar-refractivity contribution in [3.8, 4) is 11.5 Å². The highest BCUT2D eigenvalue weighted by molar-refractivity contribution is 6.14. The lowest BCUT2D eigenvalue weighted by molar-refractivity contribution is 0.0697. The van der Waals surface area contributed by atoms with Crippen molar-refractivity contribution < 1.29 is 24.2 Å². The van der Waals surface area contributed by atoms with Crippen molar-refractivity contribution in [1.82, 2.24) is 10.3 Å². The Balaban J connectivity index is 2.22. The van der Waals surface area contributed by atoms with E-state index in [1.165, 1.54) is 17.1 Å². The van der Waals surface area contributed by atoms with Crippen molar-refractivity contribution >= 4 is 17.7 Å². The second-order valence-electron chi connectivity index (χ2n) is 6.65. The van der Waals surface area contributed by atoms with E-state index in [0.717, 1.165) is 11.1 Å². The molecule has 8 nitrogen and oxygen atoms in total. The van der Waals surface area contributed by atoms with Crippen molar-refractivity contribution in [2.24, 2.45) is 5.10 Å². The molecule has 0 unspecified atom stereocenters. The minimum Gasteiger partial charge on any atom is -0.493 e. The van der Waals surface area contributed by atoms with Gasteiger partial charge in [-0.3, -0.25) is 0 Å². The van der Waals surface area contributed by atoms with Crippen LogP contribution in [0.4, 0.5) is 4.79 Å². The Hall–Kier alpha value is -3.55. The first-order valence-corrected chi connectivity index (χ1v) is 9.08. The fraction of sp³-hybridized carbons (Fsp3) is 0.286. The highest BCUT2D eigenvalue weighted by Crippen LogP contribution is 2.34. The van der Waals surface area contributed by atoms with Gasteiger partial charge in [-0.1, -0.05) is 12.1 Å². The molecule has 1 aliphatic rings. The Labute approximate surface area is 168 Å². The molecule has 0 spiro atoms. The Morgan fingerprint density at radius 3 is 2.31 bits per heavy atom. The molecule has 29 heavy (non-hydrogen) atoms. The SMILES string of the molecule is CNC(=O)N1N=C(c2ccc(C(=O)O)cc2)c2cc(OC)c(OC)cc2C[C@H]1C. The molecule has 0 aliphatic carbocycles. The van der Waals surface area contributed by atoms with Gasteiger partial charge in [-0.25, -0.2) is 14.6 Å². The third kappa shape index (κ3) is 3.87. The number of ether oxygens (including phenoxy) is 2. The van der Waals surface area contributed by atoms with Crippen molar-refractivity contribution in [1.29, 1.82) is 0 Å². The molecule has 1 heterocycles. The van der Waals surface area contributed by atoms with Crippen LogP contribution >= 0.6 is 0 Å². The highest BCUT2D eigenvalue weighted by Gasteiger charge is 2.28. The maximum atomic E-state index is 12.4. The van der Waals surface area contributed by atoms with Crippen molar-refractivity contribution in [2.75, 3.05) is 21.3 Å². The zero-order valence-corrected chi connectivity index (χ0v) is 16.7. The smallest absolute Gasteiger partial charge is 0.337 e. The van der Waals surface area contributed by atoms with E-state index in [1.54, 1.807) is 33.4 Å². The van der Waals surface area contributed by atoms with Gasteiger partial charge in [-0.2, -0.15) is 5.10 Å². The number of fused-ring (bicyclic) bond motifs is 1. The number of amides is 2. The summed E-state index contributed by atoms with van der Waals surface area (Å²) in [6.07, 6.45) is 0.559. The Bertz CT molecular complexity index is 969. The Kier molecular flexibility index (Phi) is 5.72. The van der Waals surface area contributed by atoms with Crippen LogP contribution in [0.5, 0.6) is 11.5 Å². The maximum Gasteiger partial charge on any atom is 0.337 e. The number of aromatic carboxylic acids is 1. The first-order valence-electron chi connectivity index (χ1n) is 9.08. The predicted octanol–water partition coefficient (Wildman–Crippen LogP) is 2.74. The van der Waals surface area contributed by atoms with E-state index >= 15 is 0 Å². The fourth-order valence-electron chi connectivity index (χ4n) is 3.32. The van der Waals surface area contributed by atoms with Crippen LogP contribution < -0.4 is 14.8 Å². The summed E-state index contributed by atoms with van der Waals surface area (Å²) in [4.78, 5) is 23.6. The lowest BCUT2D eigenvalue weighted by Gasteiger charge is -2.22. The number of rotatable bonds is 4. The number of hydrogen-bond donors (Lipinski definition) is 2. The molecule has 2 aromatic rings. The quantitative estimate of drug-likeness (QED) is 0.826. The molecule has 0 aromatic heterocycles. The molecule has 0 fully saturated rings. The van der Waals surface area contributed by atoms with E-state index in [2.05, 4.69) is 10.4 Å². The van der Waals surface area contributed by atoms with Crippen molar-refractivity contribution in [3.05, 3.63) is 58.7 Å². The molecule has 152 valence electrons. The lowest BCUT2D eigenvalue weighted by Crippen LogP contribution is -2.41. The Morgan fingerprint density at radius 1 is 1.14 bits per heavy atom. The topological polar surface area (TPSA) is 100 Å². The normalized spacial score (nSPS) is 15.7. The number of nitrogens with zero attached hydrogens (tertiary/aromatic N) is 2.